The monoisotopic (exact) mass is 332 g/mol. The summed E-state index contributed by atoms with van der Waals surface area (Å²) in [5.74, 6) is 0.774. The van der Waals surface area contributed by atoms with Crippen LogP contribution in [0.25, 0.3) is 0 Å². The van der Waals surface area contributed by atoms with Gasteiger partial charge in [-0.2, -0.15) is 0 Å². The number of benzene rings is 1. The van der Waals surface area contributed by atoms with Gasteiger partial charge >= 0.3 is 0 Å². The summed E-state index contributed by atoms with van der Waals surface area (Å²) in [5, 5.41) is 11.0. The fraction of sp³-hybridized carbons (Fsp3) is 0.200. The minimum absolute atomic E-state index is 0.774. The minimum atomic E-state index is 0.774. The van der Waals surface area contributed by atoms with Gasteiger partial charge in [-0.05, 0) is 31.2 Å². The van der Waals surface area contributed by atoms with Crippen LogP contribution in [0, 0.1) is 12.3 Å². The quantitative estimate of drug-likeness (QED) is 0.833. The molecule has 0 aliphatic heterocycles. The zero-order chi connectivity index (χ0) is 14.7. The first kappa shape index (κ1) is 14.5. The maximum absolute atomic E-state index is 7.67. The molecule has 5 heteroatoms. The third-order valence-corrected chi connectivity index (χ3v) is 3.36. The lowest BCUT2D eigenvalue weighted by molar-refractivity contribution is 1.12. The number of rotatable bonds is 4. The number of pyridine rings is 1. The normalized spacial score (nSPS) is 10.2. The van der Waals surface area contributed by atoms with E-state index >= 15 is 0 Å². The van der Waals surface area contributed by atoms with Gasteiger partial charge in [-0.1, -0.05) is 22.0 Å². The van der Waals surface area contributed by atoms with Gasteiger partial charge in [0.1, 0.15) is 5.82 Å². The Labute approximate surface area is 127 Å². The topological polar surface area (TPSA) is 52.0 Å². The second kappa shape index (κ2) is 6.05. The number of hydrogen-bond donors (Lipinski definition) is 2. The molecule has 0 amide bonds. The van der Waals surface area contributed by atoms with E-state index in [9.17, 15) is 0 Å². The SMILES string of the molecule is Cc1cccc(Nc2cc(Br)cc(N(C)C)c2C=N)n1. The number of nitrogens with zero attached hydrogens (tertiary/aromatic N) is 2. The molecule has 4 nitrogen and oxygen atoms in total. The Bertz CT molecular complexity index is 638. The van der Waals surface area contributed by atoms with E-state index in [1.54, 1.807) is 0 Å². The van der Waals surface area contributed by atoms with Gasteiger partial charge in [0, 0.05) is 41.7 Å². The van der Waals surface area contributed by atoms with Crippen molar-refractivity contribution in [1.29, 1.82) is 5.41 Å². The molecule has 2 rings (SSSR count). The number of anilines is 3. The largest absolute Gasteiger partial charge is 0.377 e. The molecule has 20 heavy (non-hydrogen) atoms. The third kappa shape index (κ3) is 3.17. The molecule has 0 fully saturated rings. The first-order valence-electron chi connectivity index (χ1n) is 6.23. The van der Waals surface area contributed by atoms with Crippen molar-refractivity contribution in [3.63, 3.8) is 0 Å². The molecule has 0 saturated carbocycles. The lowest BCUT2D eigenvalue weighted by atomic mass is 10.1. The van der Waals surface area contributed by atoms with Crippen LogP contribution >= 0.6 is 15.9 Å². The van der Waals surface area contributed by atoms with Crippen molar-refractivity contribution < 1.29 is 0 Å². The Morgan fingerprint density at radius 1 is 1.30 bits per heavy atom. The Kier molecular flexibility index (Phi) is 4.39. The van der Waals surface area contributed by atoms with Crippen LogP contribution in [0.3, 0.4) is 0 Å². The average molecular weight is 333 g/mol. The molecular formula is C15H17BrN4. The highest BCUT2D eigenvalue weighted by atomic mass is 79.9. The molecular weight excluding hydrogens is 316 g/mol. The van der Waals surface area contributed by atoms with Crippen LogP contribution < -0.4 is 10.2 Å². The summed E-state index contributed by atoms with van der Waals surface area (Å²) in [7, 11) is 3.92. The van der Waals surface area contributed by atoms with E-state index in [1.165, 1.54) is 6.21 Å². The standard InChI is InChI=1S/C15H17BrN4/c1-10-5-4-6-15(18-10)19-13-7-11(16)8-14(20(2)3)12(13)9-17/h4-9,17H,1-3H3,(H,18,19). The summed E-state index contributed by atoms with van der Waals surface area (Å²) in [4.78, 5) is 6.42. The molecule has 0 radical (unpaired) electrons. The summed E-state index contributed by atoms with van der Waals surface area (Å²) in [5.41, 5.74) is 3.62. The lowest BCUT2D eigenvalue weighted by Crippen LogP contribution is -2.12. The maximum Gasteiger partial charge on any atom is 0.130 e. The lowest BCUT2D eigenvalue weighted by Gasteiger charge is -2.19. The van der Waals surface area contributed by atoms with Gasteiger partial charge < -0.3 is 15.6 Å². The van der Waals surface area contributed by atoms with Crippen molar-refractivity contribution in [2.24, 2.45) is 0 Å². The van der Waals surface area contributed by atoms with Crippen LogP contribution in [-0.4, -0.2) is 25.3 Å². The Balaban J connectivity index is 2.48. The zero-order valence-corrected chi connectivity index (χ0v) is 13.3. The van der Waals surface area contributed by atoms with E-state index in [-0.39, 0.29) is 0 Å². The number of aryl methyl sites for hydroxylation is 1. The van der Waals surface area contributed by atoms with Crippen LogP contribution in [0.2, 0.25) is 0 Å². The van der Waals surface area contributed by atoms with Gasteiger partial charge in [0.15, 0.2) is 0 Å². The van der Waals surface area contributed by atoms with Crippen molar-refractivity contribution in [1.82, 2.24) is 4.98 Å². The molecule has 2 N–H and O–H groups in total. The Morgan fingerprint density at radius 2 is 2.05 bits per heavy atom. The van der Waals surface area contributed by atoms with Crippen molar-refractivity contribution >= 4 is 39.3 Å². The predicted molar refractivity (Wildman–Crippen MR) is 88.6 cm³/mol. The number of halogens is 1. The van der Waals surface area contributed by atoms with Crippen molar-refractivity contribution in [2.45, 2.75) is 6.92 Å². The molecule has 0 spiro atoms. The summed E-state index contributed by atoms with van der Waals surface area (Å²) >= 11 is 3.51. The van der Waals surface area contributed by atoms with Crippen molar-refractivity contribution in [3.05, 3.63) is 46.1 Å². The zero-order valence-electron chi connectivity index (χ0n) is 11.7. The van der Waals surface area contributed by atoms with E-state index < -0.39 is 0 Å². The minimum Gasteiger partial charge on any atom is -0.377 e. The van der Waals surface area contributed by atoms with E-state index in [2.05, 4.69) is 26.2 Å². The van der Waals surface area contributed by atoms with Crippen LogP contribution in [0.5, 0.6) is 0 Å². The summed E-state index contributed by atoms with van der Waals surface area (Å²) < 4.78 is 0.960. The van der Waals surface area contributed by atoms with E-state index in [0.29, 0.717) is 0 Å². The fourth-order valence-corrected chi connectivity index (χ4v) is 2.43. The number of aromatic nitrogens is 1. The van der Waals surface area contributed by atoms with Gasteiger partial charge in [0.25, 0.3) is 0 Å². The molecule has 1 heterocycles. The molecule has 1 aromatic heterocycles. The van der Waals surface area contributed by atoms with Gasteiger partial charge in [-0.3, -0.25) is 0 Å². The highest BCUT2D eigenvalue weighted by Crippen LogP contribution is 2.31. The van der Waals surface area contributed by atoms with Gasteiger partial charge in [0.05, 0.1) is 5.69 Å². The van der Waals surface area contributed by atoms with Gasteiger partial charge in [-0.25, -0.2) is 4.98 Å². The van der Waals surface area contributed by atoms with Crippen LogP contribution in [0.4, 0.5) is 17.2 Å². The predicted octanol–water partition coefficient (Wildman–Crippen LogP) is 3.96. The van der Waals surface area contributed by atoms with Crippen LogP contribution in [-0.2, 0) is 0 Å². The second-order valence-corrected chi connectivity index (χ2v) is 5.63. The molecule has 2 aromatic rings. The van der Waals surface area contributed by atoms with E-state index in [0.717, 1.165) is 32.9 Å². The highest BCUT2D eigenvalue weighted by Gasteiger charge is 2.11. The third-order valence-electron chi connectivity index (χ3n) is 2.90. The van der Waals surface area contributed by atoms with Crippen LogP contribution in [0.1, 0.15) is 11.3 Å². The highest BCUT2D eigenvalue weighted by molar-refractivity contribution is 9.10. The van der Waals surface area contributed by atoms with Gasteiger partial charge in [0.2, 0.25) is 0 Å². The van der Waals surface area contributed by atoms with Gasteiger partial charge in [-0.15, -0.1) is 0 Å². The molecule has 0 aliphatic carbocycles. The second-order valence-electron chi connectivity index (χ2n) is 4.71. The molecule has 0 atom stereocenters. The molecule has 104 valence electrons. The molecule has 0 unspecified atom stereocenters. The summed E-state index contributed by atoms with van der Waals surface area (Å²) in [6.07, 6.45) is 1.36. The fourth-order valence-electron chi connectivity index (χ4n) is 1.98. The van der Waals surface area contributed by atoms with E-state index in [1.807, 2.05) is 56.3 Å². The first-order valence-corrected chi connectivity index (χ1v) is 7.02. The van der Waals surface area contributed by atoms with Crippen molar-refractivity contribution in [3.8, 4) is 0 Å². The van der Waals surface area contributed by atoms with Crippen molar-refractivity contribution in [2.75, 3.05) is 24.3 Å². The Hall–Kier alpha value is -1.88. The molecule has 0 bridgehead atoms. The number of nitrogens with one attached hydrogen (secondary N) is 2. The summed E-state index contributed by atoms with van der Waals surface area (Å²) in [6.45, 7) is 1.95. The molecule has 0 aliphatic rings. The average Bonchev–Trinajstić information content (AvgIpc) is 2.38. The Morgan fingerprint density at radius 3 is 2.65 bits per heavy atom. The van der Waals surface area contributed by atoms with Crippen LogP contribution in [0.15, 0.2) is 34.8 Å². The first-order chi connectivity index (χ1) is 9.51. The van der Waals surface area contributed by atoms with E-state index in [4.69, 9.17) is 5.41 Å². The molecule has 1 aromatic carbocycles. The maximum atomic E-state index is 7.67. The number of hydrogen-bond acceptors (Lipinski definition) is 4. The summed E-state index contributed by atoms with van der Waals surface area (Å²) in [6, 6.07) is 9.78. The smallest absolute Gasteiger partial charge is 0.130 e. The molecule has 0 saturated heterocycles.